The highest BCUT2D eigenvalue weighted by molar-refractivity contribution is 9.10. The van der Waals surface area contributed by atoms with Crippen LogP contribution in [-0.4, -0.2) is 19.3 Å². The first kappa shape index (κ1) is 16.4. The summed E-state index contributed by atoms with van der Waals surface area (Å²) in [7, 11) is -3.82. The second kappa shape index (κ2) is 6.58. The van der Waals surface area contributed by atoms with Crippen molar-refractivity contribution >= 4 is 37.4 Å². The molecule has 3 aromatic rings. The van der Waals surface area contributed by atoms with Gasteiger partial charge in [-0.05, 0) is 48.5 Å². The van der Waals surface area contributed by atoms with Crippen molar-refractivity contribution in [2.45, 2.75) is 9.99 Å². The van der Waals surface area contributed by atoms with E-state index < -0.39 is 15.7 Å². The Bertz CT molecular complexity index is 967. The molecule has 0 bridgehead atoms. The topological polar surface area (TPSA) is 89.3 Å². The van der Waals surface area contributed by atoms with E-state index in [-0.39, 0.29) is 15.7 Å². The number of carbonyl (C=O) groups excluding carboxylic acids is 1. The molecule has 24 heavy (non-hydrogen) atoms. The molecule has 0 fully saturated rings. The number of sulfone groups is 1. The Hall–Kier alpha value is -2.45. The van der Waals surface area contributed by atoms with Gasteiger partial charge in [-0.3, -0.25) is 9.78 Å². The average Bonchev–Trinajstić information content (AvgIpc) is 3.07. The van der Waals surface area contributed by atoms with Crippen molar-refractivity contribution in [2.75, 3.05) is 5.32 Å². The summed E-state index contributed by atoms with van der Waals surface area (Å²) >= 11 is 3.25. The lowest BCUT2D eigenvalue weighted by Gasteiger charge is -2.03. The summed E-state index contributed by atoms with van der Waals surface area (Å²) in [5, 5.41) is 2.31. The minimum Gasteiger partial charge on any atom is -0.439 e. The van der Waals surface area contributed by atoms with Crippen LogP contribution in [0.1, 0.15) is 10.6 Å². The summed E-state index contributed by atoms with van der Waals surface area (Å²) in [6.45, 7) is 0. The minimum absolute atomic E-state index is 0.0844. The van der Waals surface area contributed by atoms with Crippen LogP contribution in [0.4, 0.5) is 5.69 Å². The fourth-order valence-corrected chi connectivity index (χ4v) is 3.38. The molecule has 2 aromatic heterocycles. The van der Waals surface area contributed by atoms with Gasteiger partial charge >= 0.3 is 0 Å². The first-order valence-corrected chi connectivity index (χ1v) is 9.06. The largest absolute Gasteiger partial charge is 0.439 e. The molecule has 1 amide bonds. The van der Waals surface area contributed by atoms with Crippen molar-refractivity contribution in [1.82, 2.24) is 4.98 Å². The molecule has 1 aromatic carbocycles. The maximum absolute atomic E-state index is 12.5. The molecule has 122 valence electrons. The molecular weight excluding hydrogens is 396 g/mol. The molecule has 0 spiro atoms. The second-order valence-corrected chi connectivity index (χ2v) is 7.56. The Morgan fingerprint density at radius 3 is 2.33 bits per heavy atom. The number of aromatic nitrogens is 1. The van der Waals surface area contributed by atoms with Crippen LogP contribution in [0.2, 0.25) is 0 Å². The van der Waals surface area contributed by atoms with Gasteiger partial charge in [0.05, 0.1) is 4.90 Å². The average molecular weight is 407 g/mol. The smallest absolute Gasteiger partial charge is 0.291 e. The number of nitrogens with one attached hydrogen (secondary N) is 1. The van der Waals surface area contributed by atoms with Gasteiger partial charge in [0.25, 0.3) is 5.91 Å². The number of furan rings is 1. The van der Waals surface area contributed by atoms with Crippen molar-refractivity contribution in [3.63, 3.8) is 0 Å². The molecule has 2 heterocycles. The van der Waals surface area contributed by atoms with E-state index in [9.17, 15) is 13.2 Å². The monoisotopic (exact) mass is 406 g/mol. The summed E-state index contributed by atoms with van der Waals surface area (Å²) in [4.78, 5) is 16.0. The minimum atomic E-state index is -3.82. The summed E-state index contributed by atoms with van der Waals surface area (Å²) < 4.78 is 31.0. The van der Waals surface area contributed by atoms with Gasteiger partial charge in [-0.1, -0.05) is 15.9 Å². The number of nitrogens with zero attached hydrogens (tertiary/aromatic N) is 1. The zero-order chi connectivity index (χ0) is 17.2. The third-order valence-corrected chi connectivity index (χ3v) is 5.30. The SMILES string of the molecule is O=C(Nc1ccncc1)c1ccc(S(=O)(=O)c2ccc(Br)cc2)o1. The van der Waals surface area contributed by atoms with Crippen LogP contribution < -0.4 is 5.32 Å². The third-order valence-electron chi connectivity index (χ3n) is 3.13. The molecule has 0 radical (unpaired) electrons. The van der Waals surface area contributed by atoms with Crippen molar-refractivity contribution in [1.29, 1.82) is 0 Å². The molecule has 0 saturated heterocycles. The van der Waals surface area contributed by atoms with Gasteiger partial charge in [-0.15, -0.1) is 0 Å². The van der Waals surface area contributed by atoms with E-state index >= 15 is 0 Å². The number of benzene rings is 1. The molecule has 0 aliphatic rings. The lowest BCUT2D eigenvalue weighted by molar-refractivity contribution is 0.0991. The predicted molar refractivity (Wildman–Crippen MR) is 90.5 cm³/mol. The first-order chi connectivity index (χ1) is 11.5. The van der Waals surface area contributed by atoms with Gasteiger partial charge < -0.3 is 9.73 Å². The van der Waals surface area contributed by atoms with Crippen LogP contribution in [0.25, 0.3) is 0 Å². The molecule has 0 saturated carbocycles. The maximum Gasteiger partial charge on any atom is 0.291 e. The normalized spacial score (nSPS) is 11.2. The number of rotatable bonds is 4. The summed E-state index contributed by atoms with van der Waals surface area (Å²) in [5.41, 5.74) is 0.531. The van der Waals surface area contributed by atoms with E-state index in [0.29, 0.717) is 5.69 Å². The van der Waals surface area contributed by atoms with Crippen LogP contribution in [0.5, 0.6) is 0 Å². The number of amides is 1. The standard InChI is InChI=1S/C16H11BrN2O4S/c17-11-1-3-13(4-2-11)24(21,22)15-6-5-14(23-15)16(20)19-12-7-9-18-10-8-12/h1-10H,(H,18,19,20). The highest BCUT2D eigenvalue weighted by atomic mass is 79.9. The second-order valence-electron chi connectivity index (χ2n) is 4.77. The quantitative estimate of drug-likeness (QED) is 0.715. The Balaban J connectivity index is 1.84. The number of halogens is 1. The fourth-order valence-electron chi connectivity index (χ4n) is 1.94. The highest BCUT2D eigenvalue weighted by Crippen LogP contribution is 2.24. The van der Waals surface area contributed by atoms with Crippen molar-refractivity contribution in [3.05, 3.63) is 71.2 Å². The van der Waals surface area contributed by atoms with Gasteiger partial charge in [0.2, 0.25) is 14.9 Å². The van der Waals surface area contributed by atoms with E-state index in [0.717, 1.165) is 4.47 Å². The summed E-state index contributed by atoms with van der Waals surface area (Å²) in [5.74, 6) is -0.638. The van der Waals surface area contributed by atoms with E-state index in [4.69, 9.17) is 4.42 Å². The van der Waals surface area contributed by atoms with Crippen LogP contribution in [-0.2, 0) is 9.84 Å². The van der Waals surface area contributed by atoms with Crippen molar-refractivity contribution in [2.24, 2.45) is 0 Å². The van der Waals surface area contributed by atoms with E-state index in [1.165, 1.54) is 36.7 Å². The summed E-state index contributed by atoms with van der Waals surface area (Å²) in [6, 6.07) is 12.0. The molecule has 3 rings (SSSR count). The number of carbonyl (C=O) groups is 1. The number of hydrogen-bond donors (Lipinski definition) is 1. The van der Waals surface area contributed by atoms with Gasteiger partial charge in [0.15, 0.2) is 5.76 Å². The van der Waals surface area contributed by atoms with Gasteiger partial charge in [-0.2, -0.15) is 0 Å². The molecule has 1 N–H and O–H groups in total. The molecule has 0 aliphatic heterocycles. The number of pyridine rings is 1. The fraction of sp³-hybridized carbons (Fsp3) is 0. The third kappa shape index (κ3) is 3.39. The molecule has 0 atom stereocenters. The number of anilines is 1. The predicted octanol–water partition coefficient (Wildman–Crippen LogP) is 3.52. The lowest BCUT2D eigenvalue weighted by atomic mass is 10.3. The molecule has 8 heteroatoms. The number of hydrogen-bond acceptors (Lipinski definition) is 5. The van der Waals surface area contributed by atoms with Gasteiger partial charge in [0.1, 0.15) is 0 Å². The molecular formula is C16H11BrN2O4S. The zero-order valence-corrected chi connectivity index (χ0v) is 14.5. The Kier molecular flexibility index (Phi) is 4.50. The Morgan fingerprint density at radius 1 is 1.00 bits per heavy atom. The van der Waals surface area contributed by atoms with Crippen LogP contribution in [0.15, 0.2) is 79.8 Å². The van der Waals surface area contributed by atoms with Gasteiger partial charge in [-0.25, -0.2) is 8.42 Å². The first-order valence-electron chi connectivity index (χ1n) is 6.79. The molecule has 6 nitrogen and oxygen atoms in total. The molecule has 0 unspecified atom stereocenters. The van der Waals surface area contributed by atoms with Crippen molar-refractivity contribution < 1.29 is 17.6 Å². The van der Waals surface area contributed by atoms with Crippen LogP contribution in [0.3, 0.4) is 0 Å². The van der Waals surface area contributed by atoms with Crippen LogP contribution in [0, 0.1) is 0 Å². The van der Waals surface area contributed by atoms with Crippen molar-refractivity contribution in [3.8, 4) is 0 Å². The maximum atomic E-state index is 12.5. The summed E-state index contributed by atoms with van der Waals surface area (Å²) in [6.07, 6.45) is 3.06. The lowest BCUT2D eigenvalue weighted by Crippen LogP contribution is -2.10. The van der Waals surface area contributed by atoms with Crippen LogP contribution >= 0.6 is 15.9 Å². The Morgan fingerprint density at radius 2 is 1.67 bits per heavy atom. The Labute approximate surface area is 146 Å². The zero-order valence-electron chi connectivity index (χ0n) is 12.1. The molecule has 0 aliphatic carbocycles. The van der Waals surface area contributed by atoms with E-state index in [2.05, 4.69) is 26.2 Å². The highest BCUT2D eigenvalue weighted by Gasteiger charge is 2.23. The van der Waals surface area contributed by atoms with Gasteiger partial charge in [0, 0.05) is 22.6 Å². The van der Waals surface area contributed by atoms with E-state index in [1.54, 1.807) is 24.3 Å². The van der Waals surface area contributed by atoms with E-state index in [1.807, 2.05) is 0 Å².